The molecule has 1 unspecified atom stereocenters. The summed E-state index contributed by atoms with van der Waals surface area (Å²) in [6, 6.07) is 12.8. The zero-order valence-corrected chi connectivity index (χ0v) is 17.5. The molecule has 0 spiro atoms. The zero-order valence-electron chi connectivity index (χ0n) is 17.5. The molecule has 1 atom stereocenters. The van der Waals surface area contributed by atoms with Gasteiger partial charge in [-0.2, -0.15) is 5.10 Å². The first-order valence-corrected chi connectivity index (χ1v) is 9.99. The van der Waals surface area contributed by atoms with Gasteiger partial charge in [0.1, 0.15) is 6.04 Å². The van der Waals surface area contributed by atoms with Gasteiger partial charge in [0.05, 0.1) is 12.8 Å². The third kappa shape index (κ3) is 8.00. The van der Waals surface area contributed by atoms with Crippen LogP contribution in [0.1, 0.15) is 30.7 Å². The van der Waals surface area contributed by atoms with Crippen molar-refractivity contribution >= 4 is 18.0 Å². The Balaban J connectivity index is 1.74. The van der Waals surface area contributed by atoms with E-state index in [-0.39, 0.29) is 24.3 Å². The molecule has 30 heavy (non-hydrogen) atoms. The molecule has 0 bridgehead atoms. The number of nitrogens with two attached hydrogens (primary N) is 1. The van der Waals surface area contributed by atoms with Gasteiger partial charge in [0, 0.05) is 31.4 Å². The number of hydrogen-bond donors (Lipinski definition) is 4. The van der Waals surface area contributed by atoms with Crippen LogP contribution in [0, 0.1) is 5.92 Å². The standard InChI is InChI=1S/C22H30N6O2/c1-16(2)21(22(30)26-12-10-19-5-3-4-11-25-19)28-20(29)15-24-13-17-6-8-18(9-7-17)14-27-23/h3-9,11,14,16,21,24H,10,12-13,15,23H2,1-2H3,(H,26,30)(H,28,29). The topological polar surface area (TPSA) is 122 Å². The SMILES string of the molecule is CC(C)C(NC(=O)CNCc1ccc(C=NN)cc1)C(=O)NCCc1ccccn1. The lowest BCUT2D eigenvalue weighted by Gasteiger charge is -2.22. The monoisotopic (exact) mass is 410 g/mol. The maximum absolute atomic E-state index is 12.5. The molecular formula is C22H30N6O2. The van der Waals surface area contributed by atoms with Crippen LogP contribution in [0.4, 0.5) is 0 Å². The van der Waals surface area contributed by atoms with Gasteiger partial charge in [-0.25, -0.2) is 0 Å². The van der Waals surface area contributed by atoms with Crippen molar-refractivity contribution in [3.63, 3.8) is 0 Å². The Morgan fingerprint density at radius 1 is 1.17 bits per heavy atom. The van der Waals surface area contributed by atoms with E-state index in [0.717, 1.165) is 16.8 Å². The van der Waals surface area contributed by atoms with Gasteiger partial charge < -0.3 is 21.8 Å². The van der Waals surface area contributed by atoms with Crippen LogP contribution in [0.3, 0.4) is 0 Å². The second-order valence-corrected chi connectivity index (χ2v) is 7.27. The summed E-state index contributed by atoms with van der Waals surface area (Å²) < 4.78 is 0. The van der Waals surface area contributed by atoms with Gasteiger partial charge >= 0.3 is 0 Å². The fourth-order valence-corrected chi connectivity index (χ4v) is 2.86. The van der Waals surface area contributed by atoms with Crippen molar-refractivity contribution in [3.05, 3.63) is 65.5 Å². The van der Waals surface area contributed by atoms with E-state index >= 15 is 0 Å². The molecule has 0 aliphatic heterocycles. The number of carbonyl (C=O) groups excluding carboxylic acids is 2. The van der Waals surface area contributed by atoms with Crippen molar-refractivity contribution in [1.29, 1.82) is 0 Å². The molecule has 1 heterocycles. The molecule has 1 aromatic carbocycles. The van der Waals surface area contributed by atoms with Crippen LogP contribution in [-0.4, -0.2) is 42.1 Å². The second-order valence-electron chi connectivity index (χ2n) is 7.27. The Hall–Kier alpha value is -3.26. The predicted molar refractivity (Wildman–Crippen MR) is 118 cm³/mol. The van der Waals surface area contributed by atoms with E-state index in [2.05, 4.69) is 26.0 Å². The molecule has 2 amide bonds. The summed E-state index contributed by atoms with van der Waals surface area (Å²) >= 11 is 0. The number of hydrazone groups is 1. The number of carbonyl (C=O) groups is 2. The van der Waals surface area contributed by atoms with E-state index in [9.17, 15) is 9.59 Å². The molecule has 0 saturated carbocycles. The highest BCUT2D eigenvalue weighted by atomic mass is 16.2. The molecule has 0 saturated heterocycles. The summed E-state index contributed by atoms with van der Waals surface area (Å²) in [4.78, 5) is 29.0. The quantitative estimate of drug-likeness (QED) is 0.250. The summed E-state index contributed by atoms with van der Waals surface area (Å²) in [5.41, 5.74) is 2.85. The third-order valence-corrected chi connectivity index (χ3v) is 4.49. The number of amides is 2. The van der Waals surface area contributed by atoms with Gasteiger partial charge in [-0.1, -0.05) is 44.2 Å². The Labute approximate surface area is 177 Å². The van der Waals surface area contributed by atoms with Gasteiger partial charge in [-0.3, -0.25) is 14.6 Å². The maximum Gasteiger partial charge on any atom is 0.242 e. The van der Waals surface area contributed by atoms with E-state index in [4.69, 9.17) is 5.84 Å². The molecule has 5 N–H and O–H groups in total. The van der Waals surface area contributed by atoms with Crippen molar-refractivity contribution in [3.8, 4) is 0 Å². The molecule has 160 valence electrons. The molecule has 0 radical (unpaired) electrons. The maximum atomic E-state index is 12.5. The van der Waals surface area contributed by atoms with Crippen LogP contribution in [0.25, 0.3) is 0 Å². The van der Waals surface area contributed by atoms with E-state index in [1.54, 1.807) is 12.4 Å². The molecule has 0 aliphatic rings. The number of nitrogens with zero attached hydrogens (tertiary/aromatic N) is 2. The number of benzene rings is 1. The second kappa shape index (κ2) is 12.3. The predicted octanol–water partition coefficient (Wildman–Crippen LogP) is 0.964. The van der Waals surface area contributed by atoms with E-state index in [1.807, 2.05) is 56.3 Å². The Bertz CT molecular complexity index is 821. The molecule has 8 heteroatoms. The number of aromatic nitrogens is 1. The molecular weight excluding hydrogens is 380 g/mol. The minimum absolute atomic E-state index is 0.0273. The smallest absolute Gasteiger partial charge is 0.242 e. The van der Waals surface area contributed by atoms with Crippen LogP contribution in [0.15, 0.2) is 53.8 Å². The lowest BCUT2D eigenvalue weighted by atomic mass is 10.0. The Kier molecular flexibility index (Phi) is 9.47. The van der Waals surface area contributed by atoms with Crippen LogP contribution < -0.4 is 21.8 Å². The van der Waals surface area contributed by atoms with E-state index < -0.39 is 6.04 Å². The largest absolute Gasteiger partial charge is 0.354 e. The normalized spacial score (nSPS) is 12.1. The number of hydrogen-bond acceptors (Lipinski definition) is 6. The van der Waals surface area contributed by atoms with Crippen LogP contribution in [-0.2, 0) is 22.6 Å². The minimum Gasteiger partial charge on any atom is -0.354 e. The average Bonchev–Trinajstić information content (AvgIpc) is 2.74. The third-order valence-electron chi connectivity index (χ3n) is 4.49. The van der Waals surface area contributed by atoms with E-state index in [0.29, 0.717) is 19.5 Å². The summed E-state index contributed by atoms with van der Waals surface area (Å²) in [7, 11) is 0. The minimum atomic E-state index is -0.585. The van der Waals surface area contributed by atoms with Gasteiger partial charge in [0.15, 0.2) is 0 Å². The molecule has 0 fully saturated rings. The first-order chi connectivity index (χ1) is 14.5. The molecule has 1 aromatic heterocycles. The molecule has 0 aliphatic carbocycles. The zero-order chi connectivity index (χ0) is 21.8. The lowest BCUT2D eigenvalue weighted by molar-refractivity contribution is -0.129. The fourth-order valence-electron chi connectivity index (χ4n) is 2.86. The van der Waals surface area contributed by atoms with Gasteiger partial charge in [0.2, 0.25) is 11.8 Å². The number of nitrogens with one attached hydrogen (secondary N) is 3. The van der Waals surface area contributed by atoms with Crippen molar-refractivity contribution in [2.75, 3.05) is 13.1 Å². The first-order valence-electron chi connectivity index (χ1n) is 9.99. The van der Waals surface area contributed by atoms with Gasteiger partial charge in [-0.15, -0.1) is 0 Å². The Morgan fingerprint density at radius 2 is 1.93 bits per heavy atom. The summed E-state index contributed by atoms with van der Waals surface area (Å²) in [5.74, 6) is 4.69. The molecule has 2 aromatic rings. The lowest BCUT2D eigenvalue weighted by Crippen LogP contribution is -2.51. The summed E-state index contributed by atoms with van der Waals surface area (Å²) in [5, 5.41) is 12.3. The van der Waals surface area contributed by atoms with Crippen molar-refractivity contribution < 1.29 is 9.59 Å². The highest BCUT2D eigenvalue weighted by Crippen LogP contribution is 2.03. The number of rotatable bonds is 11. The van der Waals surface area contributed by atoms with Crippen molar-refractivity contribution in [2.45, 2.75) is 32.9 Å². The van der Waals surface area contributed by atoms with Gasteiger partial charge in [0.25, 0.3) is 0 Å². The van der Waals surface area contributed by atoms with Crippen molar-refractivity contribution in [2.24, 2.45) is 16.9 Å². The molecule has 8 nitrogen and oxygen atoms in total. The van der Waals surface area contributed by atoms with Crippen LogP contribution >= 0.6 is 0 Å². The number of pyridine rings is 1. The average molecular weight is 411 g/mol. The highest BCUT2D eigenvalue weighted by molar-refractivity contribution is 5.88. The van der Waals surface area contributed by atoms with Crippen LogP contribution in [0.5, 0.6) is 0 Å². The van der Waals surface area contributed by atoms with Crippen LogP contribution in [0.2, 0.25) is 0 Å². The first kappa shape index (κ1) is 23.0. The Morgan fingerprint density at radius 3 is 2.57 bits per heavy atom. The van der Waals surface area contributed by atoms with Crippen molar-refractivity contribution in [1.82, 2.24) is 20.9 Å². The highest BCUT2D eigenvalue weighted by Gasteiger charge is 2.23. The molecule has 2 rings (SSSR count). The fraction of sp³-hybridized carbons (Fsp3) is 0.364. The van der Waals surface area contributed by atoms with E-state index in [1.165, 1.54) is 0 Å². The summed E-state index contributed by atoms with van der Waals surface area (Å²) in [6.45, 7) is 4.94. The summed E-state index contributed by atoms with van der Waals surface area (Å²) in [6.07, 6.45) is 3.94. The van der Waals surface area contributed by atoms with Gasteiger partial charge in [-0.05, 0) is 29.2 Å².